The first-order valence-corrected chi connectivity index (χ1v) is 17.8. The molecule has 0 unspecified atom stereocenters. The number of fused-ring (bicyclic) bond motifs is 12. The van der Waals surface area contributed by atoms with Crippen LogP contribution in [-0.4, -0.2) is 0 Å². The van der Waals surface area contributed by atoms with Crippen LogP contribution in [-0.2, 0) is 0 Å². The normalized spacial score (nSPS) is 12.8. The lowest BCUT2D eigenvalue weighted by molar-refractivity contribution is 1.57. The summed E-state index contributed by atoms with van der Waals surface area (Å²) < 4.78 is 0. The standard InChI is InChI=1S/C51H32/c1-31-11-7-12-32-13-8-18-35(25-32)43-26-36-23-24-39-45(44(36)27-42(31)43)28-46(38-20-6-5-19-37(38)33-14-3-2-4-15-33)50-30-49-41-22-10-17-34-16-9-21-40(51(34)41)48(49)29-47(39)50/h2-30H,1H3. The van der Waals surface area contributed by atoms with Crippen molar-refractivity contribution >= 4 is 54.7 Å². The number of hydrogen-bond donors (Lipinski definition) is 0. The summed E-state index contributed by atoms with van der Waals surface area (Å²) in [7, 11) is 0. The van der Waals surface area contributed by atoms with E-state index in [0.717, 1.165) is 0 Å². The van der Waals surface area contributed by atoms with E-state index >= 15 is 0 Å². The largest absolute Gasteiger partial charge is 0.0622 e. The molecule has 0 spiro atoms. The number of hydrogen-bond acceptors (Lipinski definition) is 0. The van der Waals surface area contributed by atoms with Gasteiger partial charge < -0.3 is 0 Å². The van der Waals surface area contributed by atoms with E-state index in [1.807, 2.05) is 0 Å². The fraction of sp³-hybridized carbons (Fsp3) is 0.0196. The zero-order chi connectivity index (χ0) is 33.6. The molecule has 9 aromatic rings. The predicted octanol–water partition coefficient (Wildman–Crippen LogP) is 14.4. The van der Waals surface area contributed by atoms with Gasteiger partial charge in [-0.2, -0.15) is 0 Å². The number of benzene rings is 9. The highest BCUT2D eigenvalue weighted by Crippen LogP contribution is 2.51. The first-order valence-electron chi connectivity index (χ1n) is 17.8. The van der Waals surface area contributed by atoms with Gasteiger partial charge in [-0.1, -0.05) is 140 Å². The van der Waals surface area contributed by atoms with Crippen molar-refractivity contribution in [3.05, 3.63) is 181 Å². The molecule has 0 saturated heterocycles. The van der Waals surface area contributed by atoms with Gasteiger partial charge in [0.25, 0.3) is 0 Å². The highest BCUT2D eigenvalue weighted by molar-refractivity contribution is 6.26. The molecule has 0 radical (unpaired) electrons. The van der Waals surface area contributed by atoms with E-state index in [-0.39, 0.29) is 0 Å². The van der Waals surface area contributed by atoms with Crippen LogP contribution in [0.15, 0.2) is 170 Å². The van der Waals surface area contributed by atoms with Gasteiger partial charge in [-0.25, -0.2) is 0 Å². The fourth-order valence-corrected chi connectivity index (χ4v) is 8.87. The Morgan fingerprint density at radius 1 is 0.333 bits per heavy atom. The molecule has 11 rings (SSSR count). The molecule has 0 amide bonds. The molecule has 0 heterocycles. The Balaban J connectivity index is 1.28. The van der Waals surface area contributed by atoms with Crippen molar-refractivity contribution in [3.8, 4) is 55.6 Å². The molecule has 0 aliphatic heterocycles. The average Bonchev–Trinajstić information content (AvgIpc) is 3.51. The van der Waals surface area contributed by atoms with Gasteiger partial charge in [-0.05, 0) is 159 Å². The number of allylic oxidation sites excluding steroid dienone is 3. The van der Waals surface area contributed by atoms with Crippen LogP contribution in [0.2, 0.25) is 0 Å². The maximum atomic E-state index is 2.49. The lowest BCUT2D eigenvalue weighted by Crippen LogP contribution is -1.92. The molecule has 2 aliphatic carbocycles. The zero-order valence-electron chi connectivity index (χ0n) is 28.2. The minimum atomic E-state index is 1.22. The van der Waals surface area contributed by atoms with Gasteiger partial charge in [-0.3, -0.25) is 0 Å². The van der Waals surface area contributed by atoms with Crippen LogP contribution in [0, 0.1) is 0 Å². The van der Waals surface area contributed by atoms with Crippen LogP contribution < -0.4 is 0 Å². The molecule has 0 N–H and O–H groups in total. The molecule has 0 aromatic heterocycles. The van der Waals surface area contributed by atoms with E-state index in [2.05, 4.69) is 183 Å². The Bertz CT molecular complexity index is 3000. The Morgan fingerprint density at radius 2 is 0.980 bits per heavy atom. The second-order valence-corrected chi connectivity index (χ2v) is 14.1. The smallest absolute Gasteiger partial charge is 0.00264 e. The molecule has 2 aliphatic rings. The first kappa shape index (κ1) is 28.3. The maximum Gasteiger partial charge on any atom is -0.00264 e. The molecule has 0 nitrogen and oxygen atoms in total. The minimum Gasteiger partial charge on any atom is -0.0622 e. The van der Waals surface area contributed by atoms with Crippen LogP contribution in [0.4, 0.5) is 0 Å². The van der Waals surface area contributed by atoms with Crippen molar-refractivity contribution in [1.82, 2.24) is 0 Å². The quantitative estimate of drug-likeness (QED) is 0.164. The monoisotopic (exact) mass is 644 g/mol. The molecule has 0 heteroatoms. The molecule has 0 fully saturated rings. The number of rotatable bonds is 2. The van der Waals surface area contributed by atoms with Gasteiger partial charge in [0.2, 0.25) is 0 Å². The predicted molar refractivity (Wildman–Crippen MR) is 220 cm³/mol. The van der Waals surface area contributed by atoms with Gasteiger partial charge in [0.15, 0.2) is 0 Å². The summed E-state index contributed by atoms with van der Waals surface area (Å²) >= 11 is 0. The molecular weight excluding hydrogens is 613 g/mol. The summed E-state index contributed by atoms with van der Waals surface area (Å²) in [5, 5.41) is 10.4. The van der Waals surface area contributed by atoms with Gasteiger partial charge in [0.1, 0.15) is 0 Å². The van der Waals surface area contributed by atoms with Crippen molar-refractivity contribution in [3.63, 3.8) is 0 Å². The molecule has 0 atom stereocenters. The minimum absolute atomic E-state index is 1.22. The summed E-state index contributed by atoms with van der Waals surface area (Å²) in [5.74, 6) is 0. The van der Waals surface area contributed by atoms with E-state index in [9.17, 15) is 0 Å². The molecule has 51 heavy (non-hydrogen) atoms. The van der Waals surface area contributed by atoms with Crippen molar-refractivity contribution in [2.45, 2.75) is 6.92 Å². The van der Waals surface area contributed by atoms with Crippen molar-refractivity contribution in [1.29, 1.82) is 0 Å². The van der Waals surface area contributed by atoms with E-state index in [0.29, 0.717) is 0 Å². The first-order chi connectivity index (χ1) is 25.2. The average molecular weight is 645 g/mol. The Hall–Kier alpha value is -6.50. The van der Waals surface area contributed by atoms with Crippen molar-refractivity contribution in [2.24, 2.45) is 0 Å². The van der Waals surface area contributed by atoms with Gasteiger partial charge in [0.05, 0.1) is 0 Å². The van der Waals surface area contributed by atoms with Gasteiger partial charge in [-0.15, -0.1) is 0 Å². The third-order valence-electron chi connectivity index (χ3n) is 11.3. The lowest BCUT2D eigenvalue weighted by Gasteiger charge is -2.19. The molecule has 0 saturated carbocycles. The van der Waals surface area contributed by atoms with Crippen LogP contribution >= 0.6 is 0 Å². The summed E-state index contributed by atoms with van der Waals surface area (Å²) in [6.07, 6.45) is 6.64. The third kappa shape index (κ3) is 4.20. The highest BCUT2D eigenvalue weighted by atomic mass is 14.3. The zero-order valence-corrected chi connectivity index (χ0v) is 28.2. The molecule has 2 bridgehead atoms. The van der Waals surface area contributed by atoms with E-state index in [4.69, 9.17) is 0 Å². The summed E-state index contributed by atoms with van der Waals surface area (Å²) in [6.45, 7) is 2.24. The second kappa shape index (κ2) is 10.7. The van der Waals surface area contributed by atoms with Crippen LogP contribution in [0.3, 0.4) is 0 Å². The van der Waals surface area contributed by atoms with E-state index < -0.39 is 0 Å². The lowest BCUT2D eigenvalue weighted by atomic mass is 9.84. The Kier molecular flexibility index (Phi) is 5.97. The van der Waals surface area contributed by atoms with Gasteiger partial charge in [0, 0.05) is 0 Å². The van der Waals surface area contributed by atoms with Crippen LogP contribution in [0.5, 0.6) is 0 Å². The van der Waals surface area contributed by atoms with E-state index in [1.165, 1.54) is 115 Å². The second-order valence-electron chi connectivity index (χ2n) is 14.1. The van der Waals surface area contributed by atoms with Gasteiger partial charge >= 0.3 is 0 Å². The topological polar surface area (TPSA) is 0 Å². The van der Waals surface area contributed by atoms with Crippen molar-refractivity contribution < 1.29 is 0 Å². The Labute approximate surface area is 297 Å². The fourth-order valence-electron chi connectivity index (χ4n) is 8.87. The highest BCUT2D eigenvalue weighted by Gasteiger charge is 2.24. The molecule has 9 aromatic carbocycles. The summed E-state index contributed by atoms with van der Waals surface area (Å²) in [5.41, 5.74) is 16.6. The summed E-state index contributed by atoms with van der Waals surface area (Å²) in [6, 6.07) is 59.2. The SMILES string of the molecule is CC1=CC=Cc2cccc(c2)-c2cc3ccc4c5cc6c(cc5c(-c5ccccc5-c5ccccc5)cc4c3cc21)-c1cccc2cccc-6c12. The molecular formula is C51H32. The van der Waals surface area contributed by atoms with Crippen LogP contribution in [0.25, 0.3) is 110 Å². The summed E-state index contributed by atoms with van der Waals surface area (Å²) in [4.78, 5) is 0. The Morgan fingerprint density at radius 3 is 1.80 bits per heavy atom. The van der Waals surface area contributed by atoms with Crippen LogP contribution in [0.1, 0.15) is 18.1 Å². The van der Waals surface area contributed by atoms with Crippen molar-refractivity contribution in [2.75, 3.05) is 0 Å². The molecule has 236 valence electrons. The third-order valence-corrected chi connectivity index (χ3v) is 11.3. The maximum absolute atomic E-state index is 2.49. The van der Waals surface area contributed by atoms with E-state index in [1.54, 1.807) is 0 Å².